The predicted molar refractivity (Wildman–Crippen MR) is 231 cm³/mol. The monoisotopic (exact) mass is 716 g/mol. The summed E-state index contributed by atoms with van der Waals surface area (Å²) in [5.74, 6) is 1.89. The van der Waals surface area contributed by atoms with E-state index in [4.69, 9.17) is 15.0 Å². The van der Waals surface area contributed by atoms with Crippen molar-refractivity contribution >= 4 is 32.6 Å². The molecule has 0 amide bonds. The van der Waals surface area contributed by atoms with Gasteiger partial charge in [0.05, 0.1) is 16.7 Å². The van der Waals surface area contributed by atoms with Gasteiger partial charge >= 0.3 is 0 Å². The minimum Gasteiger partial charge on any atom is -0.308 e. The van der Waals surface area contributed by atoms with Gasteiger partial charge in [-0.05, 0) is 68.9 Å². The van der Waals surface area contributed by atoms with Crippen molar-refractivity contribution in [1.29, 1.82) is 0 Å². The minimum absolute atomic E-state index is 0.161. The highest BCUT2D eigenvalue weighted by Crippen LogP contribution is 2.51. The van der Waals surface area contributed by atoms with Crippen molar-refractivity contribution in [2.24, 2.45) is 0 Å². The highest BCUT2D eigenvalue weighted by atomic mass is 15.1. The Morgan fingerprint density at radius 2 is 0.982 bits per heavy atom. The van der Waals surface area contributed by atoms with Gasteiger partial charge in [-0.2, -0.15) is 0 Å². The molecule has 0 saturated carbocycles. The maximum atomic E-state index is 5.29. The fourth-order valence-electron chi connectivity index (χ4n) is 8.89. The van der Waals surface area contributed by atoms with Gasteiger partial charge in [-0.25, -0.2) is 15.0 Å². The van der Waals surface area contributed by atoms with Crippen molar-refractivity contribution < 1.29 is 0 Å². The van der Waals surface area contributed by atoms with Crippen LogP contribution in [0.1, 0.15) is 25.0 Å². The lowest BCUT2D eigenvalue weighted by Gasteiger charge is -2.22. The van der Waals surface area contributed by atoms with Gasteiger partial charge in [0.25, 0.3) is 0 Å². The second-order valence-corrected chi connectivity index (χ2v) is 15.2. The first-order chi connectivity index (χ1) is 27.5. The minimum atomic E-state index is -0.161. The number of aromatic nitrogens is 4. The molecule has 10 aromatic rings. The summed E-state index contributed by atoms with van der Waals surface area (Å²) < 4.78 is 2.47. The van der Waals surface area contributed by atoms with Gasteiger partial charge in [-0.3, -0.25) is 0 Å². The largest absolute Gasteiger partial charge is 0.308 e. The van der Waals surface area contributed by atoms with Gasteiger partial charge in [0.15, 0.2) is 17.5 Å². The van der Waals surface area contributed by atoms with Crippen LogP contribution < -0.4 is 0 Å². The van der Waals surface area contributed by atoms with E-state index in [0.29, 0.717) is 17.5 Å². The standard InChI is InChI=1S/C52H36N4/c1-52(2)44-26-13-11-22-39(44)42-31-43-40-23-12-14-27-46(40)56(47(43)32-45(42)52)48-38(37-29-28-33-16-9-10-21-36(33)30-37)24-15-25-41(48)51-54-49(34-17-5-3-6-18-34)53-50(55-51)35-19-7-4-8-20-35/h3-32H,1-2H3. The Hall–Kier alpha value is -7.17. The molecule has 1 aliphatic rings. The first kappa shape index (κ1) is 32.3. The Morgan fingerprint density at radius 3 is 1.75 bits per heavy atom. The van der Waals surface area contributed by atoms with E-state index in [9.17, 15) is 0 Å². The lowest BCUT2D eigenvalue weighted by molar-refractivity contribution is 0.661. The highest BCUT2D eigenvalue weighted by Gasteiger charge is 2.36. The van der Waals surface area contributed by atoms with E-state index in [-0.39, 0.29) is 5.41 Å². The Kier molecular flexibility index (Phi) is 7.17. The lowest BCUT2D eigenvalue weighted by Crippen LogP contribution is -2.15. The molecule has 11 rings (SSSR count). The molecule has 56 heavy (non-hydrogen) atoms. The SMILES string of the molecule is CC1(C)c2ccccc2-c2cc3c4ccccc4n(-c4c(-c5ccc6ccccc6c5)cccc4-c4nc(-c5ccccc5)nc(-c5ccccc5)n4)c3cc21. The quantitative estimate of drug-likeness (QED) is 0.178. The van der Waals surface area contributed by atoms with Crippen molar-refractivity contribution in [3.63, 3.8) is 0 Å². The molecule has 0 unspecified atom stereocenters. The molecule has 1 aliphatic carbocycles. The van der Waals surface area contributed by atoms with Crippen molar-refractivity contribution in [3.8, 4) is 62.1 Å². The van der Waals surface area contributed by atoms with Crippen molar-refractivity contribution in [2.75, 3.05) is 0 Å². The maximum Gasteiger partial charge on any atom is 0.166 e. The summed E-state index contributed by atoms with van der Waals surface area (Å²) in [5, 5.41) is 4.83. The first-order valence-corrected chi connectivity index (χ1v) is 19.2. The van der Waals surface area contributed by atoms with E-state index in [1.54, 1.807) is 0 Å². The predicted octanol–water partition coefficient (Wildman–Crippen LogP) is 13.1. The van der Waals surface area contributed by atoms with Crippen molar-refractivity contribution in [3.05, 3.63) is 193 Å². The van der Waals surface area contributed by atoms with E-state index in [0.717, 1.165) is 44.5 Å². The Balaban J connectivity index is 1.27. The molecule has 0 aliphatic heterocycles. The summed E-state index contributed by atoms with van der Waals surface area (Å²) in [6.07, 6.45) is 0. The summed E-state index contributed by atoms with van der Waals surface area (Å²) in [6, 6.07) is 64.9. The van der Waals surface area contributed by atoms with Gasteiger partial charge in [-0.15, -0.1) is 0 Å². The number of nitrogens with zero attached hydrogens (tertiary/aromatic N) is 4. The average molecular weight is 717 g/mol. The Labute approximate surface area is 325 Å². The van der Waals surface area contributed by atoms with Crippen LogP contribution >= 0.6 is 0 Å². The third-order valence-corrected chi connectivity index (χ3v) is 11.6. The third-order valence-electron chi connectivity index (χ3n) is 11.6. The molecule has 0 radical (unpaired) electrons. The van der Waals surface area contributed by atoms with E-state index < -0.39 is 0 Å². The van der Waals surface area contributed by atoms with Crippen LogP contribution in [0.15, 0.2) is 182 Å². The molecule has 4 heteroatoms. The van der Waals surface area contributed by atoms with Gasteiger partial charge in [0, 0.05) is 38.4 Å². The zero-order valence-corrected chi connectivity index (χ0v) is 31.1. The van der Waals surface area contributed by atoms with E-state index >= 15 is 0 Å². The molecule has 0 bridgehead atoms. The second-order valence-electron chi connectivity index (χ2n) is 15.2. The summed E-state index contributed by atoms with van der Waals surface area (Å²) in [5.41, 5.74) is 13.5. The van der Waals surface area contributed by atoms with E-state index in [2.05, 4.69) is 164 Å². The van der Waals surface area contributed by atoms with Crippen LogP contribution in [0.25, 0.3) is 94.7 Å². The number of rotatable bonds is 5. The van der Waals surface area contributed by atoms with Crippen LogP contribution in [-0.4, -0.2) is 19.5 Å². The number of benzene rings is 8. The number of hydrogen-bond acceptors (Lipinski definition) is 3. The third kappa shape index (κ3) is 4.96. The van der Waals surface area contributed by atoms with E-state index in [1.165, 1.54) is 43.8 Å². The summed E-state index contributed by atoms with van der Waals surface area (Å²) >= 11 is 0. The van der Waals surface area contributed by atoms with Crippen LogP contribution in [0.5, 0.6) is 0 Å². The number of para-hydroxylation sites is 2. The van der Waals surface area contributed by atoms with Crippen LogP contribution in [0.4, 0.5) is 0 Å². The topological polar surface area (TPSA) is 43.6 Å². The van der Waals surface area contributed by atoms with Gasteiger partial charge < -0.3 is 4.57 Å². The fourth-order valence-corrected chi connectivity index (χ4v) is 8.89. The summed E-state index contributed by atoms with van der Waals surface area (Å²) in [7, 11) is 0. The fraction of sp³-hybridized carbons (Fsp3) is 0.0577. The molecule has 0 saturated heterocycles. The molecule has 2 heterocycles. The zero-order valence-electron chi connectivity index (χ0n) is 31.1. The highest BCUT2D eigenvalue weighted by molar-refractivity contribution is 6.13. The van der Waals surface area contributed by atoms with Crippen molar-refractivity contribution in [2.45, 2.75) is 19.3 Å². The zero-order chi connectivity index (χ0) is 37.4. The van der Waals surface area contributed by atoms with Crippen LogP contribution in [0, 0.1) is 0 Å². The maximum absolute atomic E-state index is 5.29. The molecule has 0 N–H and O–H groups in total. The molecular weight excluding hydrogens is 681 g/mol. The number of hydrogen-bond donors (Lipinski definition) is 0. The molecule has 264 valence electrons. The molecular formula is C52H36N4. The van der Waals surface area contributed by atoms with Crippen molar-refractivity contribution in [1.82, 2.24) is 19.5 Å². The normalized spacial score (nSPS) is 13.0. The van der Waals surface area contributed by atoms with E-state index in [1.807, 2.05) is 36.4 Å². The molecule has 0 fully saturated rings. The lowest BCUT2D eigenvalue weighted by atomic mass is 9.82. The van der Waals surface area contributed by atoms with Gasteiger partial charge in [0.2, 0.25) is 0 Å². The average Bonchev–Trinajstić information content (AvgIpc) is 3.70. The molecule has 0 spiro atoms. The van der Waals surface area contributed by atoms with Crippen LogP contribution in [0.3, 0.4) is 0 Å². The van der Waals surface area contributed by atoms with Gasteiger partial charge in [-0.1, -0.05) is 166 Å². The molecule has 4 nitrogen and oxygen atoms in total. The Bertz CT molecular complexity index is 3100. The second kappa shape index (κ2) is 12.4. The molecule has 2 aromatic heterocycles. The Morgan fingerprint density at radius 1 is 0.375 bits per heavy atom. The van der Waals surface area contributed by atoms with Crippen LogP contribution in [0.2, 0.25) is 0 Å². The van der Waals surface area contributed by atoms with Crippen LogP contribution in [-0.2, 0) is 5.41 Å². The van der Waals surface area contributed by atoms with Gasteiger partial charge in [0.1, 0.15) is 0 Å². The summed E-state index contributed by atoms with van der Waals surface area (Å²) in [6.45, 7) is 4.71. The smallest absolute Gasteiger partial charge is 0.166 e. The number of fused-ring (bicyclic) bond motifs is 7. The first-order valence-electron chi connectivity index (χ1n) is 19.2. The molecule has 8 aromatic carbocycles. The molecule has 0 atom stereocenters. The summed E-state index contributed by atoms with van der Waals surface area (Å²) in [4.78, 5) is 15.6.